The molecule has 1 aliphatic heterocycles. The quantitative estimate of drug-likeness (QED) is 0.0415. The maximum absolute atomic E-state index is 5.54. The van der Waals surface area contributed by atoms with Gasteiger partial charge in [-0.25, -0.2) is 28.5 Å². The fourth-order valence-electron chi connectivity index (χ4n) is 15.8. The van der Waals surface area contributed by atoms with Crippen LogP contribution in [0.3, 0.4) is 0 Å². The molecular formula is C96H70B2IN12Pt-3. The zero-order valence-corrected chi connectivity index (χ0v) is 65.6. The van der Waals surface area contributed by atoms with Gasteiger partial charge in [0.2, 0.25) is 13.0 Å². The van der Waals surface area contributed by atoms with Crippen molar-refractivity contribution in [2.45, 2.75) is 0 Å². The molecule has 0 bridgehead atoms. The van der Waals surface area contributed by atoms with Crippen molar-refractivity contribution in [3.63, 3.8) is 0 Å². The van der Waals surface area contributed by atoms with Crippen molar-refractivity contribution < 1.29 is 49.6 Å². The maximum Gasteiger partial charge on any atom is 0.248 e. The van der Waals surface area contributed by atoms with Crippen LogP contribution in [0, 0.1) is 18.8 Å². The van der Waals surface area contributed by atoms with Gasteiger partial charge in [0.15, 0.2) is 6.71 Å². The molecule has 12 nitrogen and oxygen atoms in total. The van der Waals surface area contributed by atoms with E-state index in [1.54, 1.807) is 0 Å². The van der Waals surface area contributed by atoms with Gasteiger partial charge in [-0.2, -0.15) is 70.3 Å². The van der Waals surface area contributed by atoms with Gasteiger partial charge >= 0.3 is 0 Å². The predicted octanol–water partition coefficient (Wildman–Crippen LogP) is 13.0. The molecule has 0 amide bonds. The number of aromatic nitrogens is 10. The van der Waals surface area contributed by atoms with Crippen molar-refractivity contribution in [3.05, 3.63) is 402 Å². The van der Waals surface area contributed by atoms with E-state index in [1.807, 2.05) is 54.8 Å². The molecule has 20 rings (SSSR count). The van der Waals surface area contributed by atoms with E-state index in [9.17, 15) is 0 Å². The number of rotatable bonds is 16. The van der Waals surface area contributed by atoms with E-state index in [-0.39, 0.29) is 58.5 Å². The molecular weight excluding hydrogens is 1660 g/mol. The number of para-hydroxylation sites is 4. The van der Waals surface area contributed by atoms with Crippen molar-refractivity contribution >= 4 is 95.5 Å². The Labute approximate surface area is 682 Å². The molecule has 0 atom stereocenters. The molecule has 540 valence electrons. The number of aryl methyl sites for hydroxylation is 1. The summed E-state index contributed by atoms with van der Waals surface area (Å²) in [6.07, 6.45) is 14.1. The maximum atomic E-state index is 5.54. The van der Waals surface area contributed by atoms with Crippen LogP contribution in [-0.4, -0.2) is 68.6 Å². The zero-order valence-electron chi connectivity index (χ0n) is 61.2. The van der Waals surface area contributed by atoms with Gasteiger partial charge in [0, 0.05) is 60.9 Å². The van der Waals surface area contributed by atoms with Gasteiger partial charge in [0.1, 0.15) is 29.7 Å². The normalized spacial score (nSPS) is 11.8. The summed E-state index contributed by atoms with van der Waals surface area (Å²) in [5.41, 5.74) is 23.0. The summed E-state index contributed by atoms with van der Waals surface area (Å²) in [5.74, 6) is 1.73. The van der Waals surface area contributed by atoms with Gasteiger partial charge in [0.25, 0.3) is 0 Å². The zero-order chi connectivity index (χ0) is 73.4. The van der Waals surface area contributed by atoms with Gasteiger partial charge in [-0.05, 0) is 126 Å². The first-order valence-corrected chi connectivity index (χ1v) is 37.0. The van der Waals surface area contributed by atoms with E-state index >= 15 is 0 Å². The van der Waals surface area contributed by atoms with Crippen LogP contribution in [0.2, 0.25) is 0 Å². The smallest absolute Gasteiger partial charge is 0.248 e. The second kappa shape index (κ2) is 31.6. The Morgan fingerprint density at radius 1 is 0.393 bits per heavy atom. The van der Waals surface area contributed by atoms with Crippen LogP contribution in [0.15, 0.2) is 383 Å². The average molecular weight is 1740 g/mol. The molecule has 0 unspecified atom stereocenters. The minimum atomic E-state index is -0.327. The SMILES string of the molecule is CN1C=CN(c2[c-]c(B(c3[c-]c4c(cc3)c3ccccc3n4-c3ccccn3)c3c(-c4ccccc4)nn(-c4ccccc4)c3-c3ccccc3)ccc2)[CH-]1.C[n+]1ccn(-c2cccc(B(c3ccc4c5ccccc5n(-c5ccccn5)c4c3)c3c(-c4ccccc4)nn(-c4ccccc4)c3-c3ccccc3)c2)c1.[I-].[Pt]. The van der Waals surface area contributed by atoms with Crippen LogP contribution in [0.5, 0.6) is 0 Å². The molecule has 7 aromatic heterocycles. The van der Waals surface area contributed by atoms with Crippen molar-refractivity contribution in [3.8, 4) is 73.7 Å². The Balaban J connectivity index is 0.000000160. The van der Waals surface area contributed by atoms with Gasteiger partial charge < -0.3 is 38.3 Å². The number of halogens is 1. The number of nitrogens with zero attached hydrogens (tertiary/aromatic N) is 12. The number of benzene rings is 12. The molecule has 0 N–H and O–H groups in total. The third-order valence-corrected chi connectivity index (χ3v) is 20.7. The molecule has 0 saturated carbocycles. The predicted molar refractivity (Wildman–Crippen MR) is 450 cm³/mol. The second-order valence-corrected chi connectivity index (χ2v) is 27.6. The fraction of sp³-hybridized carbons (Fsp3) is 0.0208. The summed E-state index contributed by atoms with van der Waals surface area (Å²) in [6.45, 7) is 1.52. The van der Waals surface area contributed by atoms with E-state index in [4.69, 9.17) is 20.2 Å². The number of hydrogen-bond acceptors (Lipinski definition) is 6. The van der Waals surface area contributed by atoms with Crippen LogP contribution >= 0.6 is 0 Å². The number of hydrogen-bond donors (Lipinski definition) is 0. The molecule has 19 aromatic rings. The van der Waals surface area contributed by atoms with Crippen molar-refractivity contribution in [1.29, 1.82) is 0 Å². The Bertz CT molecular complexity index is 6560. The first-order chi connectivity index (χ1) is 54.4. The van der Waals surface area contributed by atoms with Crippen LogP contribution < -0.4 is 66.2 Å². The van der Waals surface area contributed by atoms with Crippen molar-refractivity contribution in [2.75, 3.05) is 11.9 Å². The Morgan fingerprint density at radius 2 is 0.866 bits per heavy atom. The third kappa shape index (κ3) is 13.6. The number of fused-ring (bicyclic) bond motifs is 6. The molecule has 8 heterocycles. The summed E-state index contributed by atoms with van der Waals surface area (Å²) in [5, 5.41) is 15.7. The summed E-state index contributed by atoms with van der Waals surface area (Å²) in [4.78, 5) is 13.8. The molecule has 0 fully saturated rings. The summed E-state index contributed by atoms with van der Waals surface area (Å²) < 4.78 is 13.0. The van der Waals surface area contributed by atoms with Crippen LogP contribution in [0.4, 0.5) is 5.69 Å². The Hall–Kier alpha value is -12.9. The van der Waals surface area contributed by atoms with Crippen LogP contribution in [0.1, 0.15) is 0 Å². The second-order valence-electron chi connectivity index (χ2n) is 27.6. The molecule has 112 heavy (non-hydrogen) atoms. The van der Waals surface area contributed by atoms with E-state index < -0.39 is 0 Å². The van der Waals surface area contributed by atoms with Crippen LogP contribution in [0.25, 0.3) is 117 Å². The number of pyridine rings is 2. The third-order valence-electron chi connectivity index (χ3n) is 20.7. The van der Waals surface area contributed by atoms with Gasteiger partial charge in [-0.3, -0.25) is 4.57 Å². The number of anilines is 1. The van der Waals surface area contributed by atoms with Gasteiger partial charge in [-0.15, -0.1) is 11.1 Å². The minimum Gasteiger partial charge on any atom is -1.00 e. The minimum absolute atomic E-state index is 0. The van der Waals surface area contributed by atoms with E-state index in [0.29, 0.717) is 0 Å². The fourth-order valence-corrected chi connectivity index (χ4v) is 15.8. The van der Waals surface area contributed by atoms with E-state index in [1.165, 1.54) is 10.8 Å². The Kier molecular flexibility index (Phi) is 20.3. The van der Waals surface area contributed by atoms with Gasteiger partial charge in [0.05, 0.1) is 52.2 Å². The summed E-state index contributed by atoms with van der Waals surface area (Å²) >= 11 is 0. The largest absolute Gasteiger partial charge is 1.00 e. The topological polar surface area (TPSA) is 86.6 Å². The van der Waals surface area contributed by atoms with E-state index in [2.05, 4.69) is 399 Å². The summed E-state index contributed by atoms with van der Waals surface area (Å²) in [7, 11) is 4.08. The first-order valence-electron chi connectivity index (χ1n) is 37.0. The Morgan fingerprint density at radius 3 is 1.42 bits per heavy atom. The molecule has 12 aromatic carbocycles. The van der Waals surface area contributed by atoms with Crippen molar-refractivity contribution in [1.82, 2.24) is 48.1 Å². The van der Waals surface area contributed by atoms with Crippen molar-refractivity contribution in [2.24, 2.45) is 7.05 Å². The van der Waals surface area contributed by atoms with Gasteiger partial charge in [-0.1, -0.05) is 247 Å². The summed E-state index contributed by atoms with van der Waals surface area (Å²) in [6, 6.07) is 127. The van der Waals surface area contributed by atoms with E-state index in [0.717, 1.165) is 145 Å². The molecule has 0 spiro atoms. The molecule has 0 radical (unpaired) electrons. The number of imidazole rings is 1. The average Bonchev–Trinajstić information content (AvgIpc) is 1.58. The van der Waals surface area contributed by atoms with Crippen LogP contribution in [-0.2, 0) is 28.1 Å². The molecule has 0 aliphatic carbocycles. The molecule has 16 heteroatoms. The standard InChI is InChI=1S/C48H36BN6.C48H34BN6.HI.Pt/c2*1-52-30-31-53(34-52)40-23-15-20-37(32-40)49(38-27-28-42-41-24-11-12-25-43(41)54(44(42)33-38)45-26-13-14-29-50-45)46-47(35-16-5-2-6-17-35)51-55(39-21-9-4-10-22-39)48(46)36-18-7-3-8-19-36;;/h2-34H,1H3;2-31,34H,1H3;1H;/q+1;-3;;/p-1. The monoisotopic (exact) mass is 1730 g/mol. The molecule has 0 saturated heterocycles. The first kappa shape index (κ1) is 71.9. The molecule has 1 aliphatic rings.